The average Bonchev–Trinajstić information content (AvgIpc) is 3.40. The average molecular weight is 434 g/mol. The highest BCUT2D eigenvalue weighted by atomic mass is 32.2. The van der Waals surface area contributed by atoms with Crippen LogP contribution in [0.3, 0.4) is 0 Å². The molecule has 154 valence electrons. The summed E-state index contributed by atoms with van der Waals surface area (Å²) in [7, 11) is 0. The lowest BCUT2D eigenvalue weighted by Gasteiger charge is -2.06. The second-order valence-electron chi connectivity index (χ2n) is 6.26. The van der Waals surface area contributed by atoms with Crippen molar-refractivity contribution in [2.24, 2.45) is 4.99 Å². The molecule has 5 nitrogen and oxygen atoms in total. The molecule has 1 aromatic heterocycles. The number of carbonyl (C=O) groups is 2. The van der Waals surface area contributed by atoms with Crippen molar-refractivity contribution in [2.75, 3.05) is 12.8 Å². The molecule has 1 fully saturated rings. The Morgan fingerprint density at radius 1 is 1.36 bits per heavy atom. The molecule has 1 saturated carbocycles. The minimum Gasteiger partial charge on any atom is -0.351 e. The Morgan fingerprint density at radius 3 is 2.64 bits per heavy atom. The molecule has 0 radical (unpaired) electrons. The molecular formula is C18H22F3N3O2S2. The summed E-state index contributed by atoms with van der Waals surface area (Å²) in [6.45, 7) is 2.06. The van der Waals surface area contributed by atoms with Gasteiger partial charge in [0.25, 0.3) is 5.91 Å². The number of aliphatic imine (C=N–C) groups is 1. The first-order valence-corrected chi connectivity index (χ1v) is 10.9. The van der Waals surface area contributed by atoms with E-state index in [9.17, 15) is 22.8 Å². The Morgan fingerprint density at radius 2 is 2.07 bits per heavy atom. The highest BCUT2D eigenvalue weighted by Crippen LogP contribution is 2.45. The molecule has 1 aliphatic rings. The van der Waals surface area contributed by atoms with E-state index in [0.717, 1.165) is 22.8 Å². The number of Topliss-reactive ketones (excluding diaryl/α,β-unsaturated/α-hetero) is 1. The third-order valence-electron chi connectivity index (χ3n) is 3.97. The van der Waals surface area contributed by atoms with Crippen LogP contribution >= 0.6 is 23.1 Å². The van der Waals surface area contributed by atoms with Crippen LogP contribution in [0.25, 0.3) is 0 Å². The number of nitrogens with one attached hydrogen (secondary N) is 1. The van der Waals surface area contributed by atoms with E-state index in [2.05, 4.69) is 15.3 Å². The maximum atomic E-state index is 12.5. The monoisotopic (exact) mass is 433 g/mol. The zero-order chi connectivity index (χ0) is 20.7. The Balaban J connectivity index is 1.96. The van der Waals surface area contributed by atoms with Crippen molar-refractivity contribution in [3.63, 3.8) is 0 Å². The molecule has 0 bridgehead atoms. The van der Waals surface area contributed by atoms with E-state index < -0.39 is 18.4 Å². The first-order chi connectivity index (χ1) is 13.3. The van der Waals surface area contributed by atoms with E-state index in [1.165, 1.54) is 23.1 Å². The van der Waals surface area contributed by atoms with Crippen molar-refractivity contribution >= 4 is 39.8 Å². The third kappa shape index (κ3) is 6.44. The van der Waals surface area contributed by atoms with Crippen molar-refractivity contribution in [2.45, 2.75) is 51.1 Å². The normalized spacial score (nSPS) is 15.2. The van der Waals surface area contributed by atoms with Crippen LogP contribution in [-0.4, -0.2) is 40.7 Å². The SMILES string of the molecule is C/C=C/N=C(\SC)c1nc(C(=O)NCCCCC(=O)C(F)(F)F)c(C2CC2)s1. The Labute approximate surface area is 169 Å². The predicted octanol–water partition coefficient (Wildman–Crippen LogP) is 4.70. The van der Waals surface area contributed by atoms with Gasteiger partial charge in [0.2, 0.25) is 5.78 Å². The molecule has 1 N–H and O–H groups in total. The van der Waals surface area contributed by atoms with Crippen LogP contribution in [-0.2, 0) is 4.79 Å². The van der Waals surface area contributed by atoms with Gasteiger partial charge < -0.3 is 5.32 Å². The number of rotatable bonds is 9. The van der Waals surface area contributed by atoms with Crippen molar-refractivity contribution in [1.29, 1.82) is 0 Å². The molecule has 28 heavy (non-hydrogen) atoms. The number of unbranched alkanes of at least 4 members (excludes halogenated alkanes) is 1. The van der Waals surface area contributed by atoms with Gasteiger partial charge in [-0.3, -0.25) is 9.59 Å². The number of ketones is 1. The molecule has 0 aromatic carbocycles. The maximum Gasteiger partial charge on any atom is 0.449 e. The molecule has 0 spiro atoms. The van der Waals surface area contributed by atoms with Gasteiger partial charge in [-0.15, -0.1) is 23.1 Å². The molecule has 1 aromatic rings. The zero-order valence-corrected chi connectivity index (χ0v) is 17.3. The number of thioether (sulfide) groups is 1. The van der Waals surface area contributed by atoms with E-state index in [1.54, 1.807) is 6.20 Å². The quantitative estimate of drug-likeness (QED) is 0.348. The molecule has 0 aliphatic heterocycles. The Bertz CT molecular complexity index is 769. The Kier molecular flexibility index (Phi) is 8.23. The van der Waals surface area contributed by atoms with Crippen LogP contribution in [0.1, 0.15) is 65.3 Å². The van der Waals surface area contributed by atoms with Gasteiger partial charge in [0.1, 0.15) is 15.7 Å². The fourth-order valence-corrected chi connectivity index (χ4v) is 4.27. The van der Waals surface area contributed by atoms with Gasteiger partial charge in [-0.05, 0) is 44.8 Å². The molecule has 0 atom stereocenters. The van der Waals surface area contributed by atoms with E-state index >= 15 is 0 Å². The van der Waals surface area contributed by atoms with E-state index in [4.69, 9.17) is 0 Å². The fourth-order valence-electron chi connectivity index (χ4n) is 2.38. The molecule has 2 rings (SSSR count). The maximum absolute atomic E-state index is 12.5. The third-order valence-corrected chi connectivity index (χ3v) is 6.01. The summed E-state index contributed by atoms with van der Waals surface area (Å²) in [6.07, 6.45) is 2.42. The van der Waals surface area contributed by atoms with Crippen LogP contribution in [0.15, 0.2) is 17.3 Å². The lowest BCUT2D eigenvalue weighted by molar-refractivity contribution is -0.171. The summed E-state index contributed by atoms with van der Waals surface area (Å²) in [5.74, 6) is -1.73. The van der Waals surface area contributed by atoms with E-state index in [0.29, 0.717) is 23.0 Å². The van der Waals surface area contributed by atoms with Crippen LogP contribution in [0, 0.1) is 0 Å². The van der Waals surface area contributed by atoms with Gasteiger partial charge in [0.05, 0.1) is 0 Å². The number of thiazole rings is 1. The summed E-state index contributed by atoms with van der Waals surface area (Å²) in [5, 5.41) is 4.12. The molecule has 0 unspecified atom stereocenters. The largest absolute Gasteiger partial charge is 0.449 e. The smallest absolute Gasteiger partial charge is 0.351 e. The second kappa shape index (κ2) is 10.2. The lowest BCUT2D eigenvalue weighted by atomic mass is 10.1. The molecular weight excluding hydrogens is 411 g/mol. The summed E-state index contributed by atoms with van der Waals surface area (Å²) in [4.78, 5) is 33.1. The zero-order valence-electron chi connectivity index (χ0n) is 15.6. The standard InChI is InChI=1S/C18H22F3N3O2S2/c1-3-9-23-16(27-2)17-24-13(14(28-17)11-7-8-11)15(26)22-10-5-4-6-12(25)18(19,20)21/h3,9,11H,4-8,10H2,1-2H3,(H,22,26)/b9-3+,23-16-. The second-order valence-corrected chi connectivity index (χ2v) is 8.09. The lowest BCUT2D eigenvalue weighted by Crippen LogP contribution is -2.26. The Hall–Kier alpha value is -1.68. The van der Waals surface area contributed by atoms with Crippen LogP contribution in [0.4, 0.5) is 13.2 Å². The van der Waals surface area contributed by atoms with E-state index in [1.807, 2.05) is 19.3 Å². The first kappa shape index (κ1) is 22.6. The van der Waals surface area contributed by atoms with Gasteiger partial charge in [0, 0.05) is 24.0 Å². The number of hydrogen-bond donors (Lipinski definition) is 1. The molecule has 1 heterocycles. The van der Waals surface area contributed by atoms with Gasteiger partial charge in [-0.25, -0.2) is 9.98 Å². The highest BCUT2D eigenvalue weighted by molar-refractivity contribution is 8.14. The first-order valence-electron chi connectivity index (χ1n) is 8.90. The number of hydrogen-bond acceptors (Lipinski definition) is 6. The summed E-state index contributed by atoms with van der Waals surface area (Å²) < 4.78 is 36.5. The molecule has 0 saturated heterocycles. The number of nitrogens with zero attached hydrogens (tertiary/aromatic N) is 2. The topological polar surface area (TPSA) is 71.4 Å². The number of amides is 1. The van der Waals surface area contributed by atoms with Gasteiger partial charge in [0.15, 0.2) is 0 Å². The van der Waals surface area contributed by atoms with Gasteiger partial charge in [-0.2, -0.15) is 13.2 Å². The molecule has 1 amide bonds. The number of alkyl halides is 3. The van der Waals surface area contributed by atoms with Crippen molar-refractivity contribution in [1.82, 2.24) is 10.3 Å². The van der Waals surface area contributed by atoms with Crippen LogP contribution in [0.5, 0.6) is 0 Å². The molecule has 1 aliphatic carbocycles. The fraction of sp³-hybridized carbons (Fsp3) is 0.556. The van der Waals surface area contributed by atoms with E-state index in [-0.39, 0.29) is 18.9 Å². The number of aromatic nitrogens is 1. The number of allylic oxidation sites excluding steroid dienone is 1. The van der Waals surface area contributed by atoms with Gasteiger partial charge in [-0.1, -0.05) is 6.08 Å². The van der Waals surface area contributed by atoms with Crippen LogP contribution in [0.2, 0.25) is 0 Å². The minimum absolute atomic E-state index is 0.0725. The summed E-state index contributed by atoms with van der Waals surface area (Å²) >= 11 is 2.91. The highest BCUT2D eigenvalue weighted by Gasteiger charge is 2.37. The predicted molar refractivity (Wildman–Crippen MR) is 106 cm³/mol. The number of halogens is 3. The summed E-state index contributed by atoms with van der Waals surface area (Å²) in [5.41, 5.74) is 0.371. The van der Waals surface area contributed by atoms with Crippen molar-refractivity contribution < 1.29 is 22.8 Å². The number of carbonyl (C=O) groups excluding carboxylic acids is 2. The van der Waals surface area contributed by atoms with Crippen molar-refractivity contribution in [3.8, 4) is 0 Å². The minimum atomic E-state index is -4.79. The van der Waals surface area contributed by atoms with Crippen molar-refractivity contribution in [3.05, 3.63) is 27.9 Å². The summed E-state index contributed by atoms with van der Waals surface area (Å²) in [6, 6.07) is 0. The van der Waals surface area contributed by atoms with Crippen LogP contribution < -0.4 is 5.32 Å². The molecule has 10 heteroatoms. The van der Waals surface area contributed by atoms with Gasteiger partial charge >= 0.3 is 6.18 Å².